The van der Waals surface area contributed by atoms with Gasteiger partial charge in [-0.2, -0.15) is 0 Å². The molecule has 0 aliphatic carbocycles. The lowest BCUT2D eigenvalue weighted by atomic mass is 9.52. The van der Waals surface area contributed by atoms with E-state index in [0.717, 1.165) is 5.92 Å². The van der Waals surface area contributed by atoms with Crippen molar-refractivity contribution in [2.45, 2.75) is 19.6 Å². The molecule has 0 aromatic carbocycles. The van der Waals surface area contributed by atoms with Crippen LogP contribution in [0, 0.1) is 5.92 Å². The molecule has 0 aromatic rings. The summed E-state index contributed by atoms with van der Waals surface area (Å²) in [6.45, 7) is 2.28. The SMILES string of the molecule is CC1C[B]C1. The summed E-state index contributed by atoms with van der Waals surface area (Å²) < 4.78 is 0. The fourth-order valence-electron chi connectivity index (χ4n) is 0.500. The van der Waals surface area contributed by atoms with E-state index in [2.05, 4.69) is 14.2 Å². The maximum atomic E-state index is 2.32. The summed E-state index contributed by atoms with van der Waals surface area (Å²) in [6, 6.07) is 0. The highest BCUT2D eigenvalue weighted by Gasteiger charge is 2.10. The zero-order chi connectivity index (χ0) is 3.70. The lowest BCUT2D eigenvalue weighted by molar-refractivity contribution is 0.666. The maximum absolute atomic E-state index is 2.32. The van der Waals surface area contributed by atoms with Gasteiger partial charge in [0.1, 0.15) is 7.28 Å². The summed E-state index contributed by atoms with van der Waals surface area (Å²) in [5.41, 5.74) is 0. The highest BCUT2D eigenvalue weighted by molar-refractivity contribution is 6.39. The van der Waals surface area contributed by atoms with Crippen LogP contribution in [0.5, 0.6) is 0 Å². The van der Waals surface area contributed by atoms with Crippen LogP contribution in [-0.4, -0.2) is 7.28 Å². The Bertz CT molecular complexity index is 30.6. The third kappa shape index (κ3) is 0.471. The van der Waals surface area contributed by atoms with Crippen LogP contribution in [0.1, 0.15) is 6.92 Å². The van der Waals surface area contributed by atoms with Gasteiger partial charge in [-0.05, 0) is 0 Å². The quantitative estimate of drug-likeness (QED) is 0.373. The van der Waals surface area contributed by atoms with E-state index in [4.69, 9.17) is 0 Å². The molecule has 0 saturated carbocycles. The zero-order valence-electron chi connectivity index (χ0n) is 3.57. The van der Waals surface area contributed by atoms with Crippen LogP contribution < -0.4 is 0 Å². The average molecular weight is 66.9 g/mol. The van der Waals surface area contributed by atoms with E-state index in [1.807, 2.05) is 0 Å². The van der Waals surface area contributed by atoms with Crippen LogP contribution in [0.15, 0.2) is 0 Å². The molecule has 0 unspecified atom stereocenters. The first-order chi connectivity index (χ1) is 2.39. The molecule has 1 heteroatoms. The summed E-state index contributed by atoms with van der Waals surface area (Å²) in [7, 11) is 2.32. The number of rotatable bonds is 0. The molecular formula is C4H8B. The Labute approximate surface area is 33.8 Å². The van der Waals surface area contributed by atoms with Crippen molar-refractivity contribution in [3.05, 3.63) is 0 Å². The summed E-state index contributed by atoms with van der Waals surface area (Å²) in [4.78, 5) is 0. The molecule has 0 aromatic heterocycles. The minimum absolute atomic E-state index is 1.01. The topological polar surface area (TPSA) is 0 Å². The molecule has 0 atom stereocenters. The summed E-state index contributed by atoms with van der Waals surface area (Å²) in [5, 5.41) is 0. The van der Waals surface area contributed by atoms with E-state index in [1.54, 1.807) is 0 Å². The molecule has 1 aliphatic heterocycles. The smallest absolute Gasteiger partial charge is 0.0784 e. The molecule has 1 fully saturated rings. The number of hydrogen-bond donors (Lipinski definition) is 0. The second-order valence-electron chi connectivity index (χ2n) is 1.87. The summed E-state index contributed by atoms with van der Waals surface area (Å²) >= 11 is 0. The first-order valence-corrected chi connectivity index (χ1v) is 2.21. The molecule has 1 saturated heterocycles. The van der Waals surface area contributed by atoms with Gasteiger partial charge in [-0.25, -0.2) is 0 Å². The predicted octanol–water partition coefficient (Wildman–Crippen LogP) is 1.18. The van der Waals surface area contributed by atoms with E-state index in [0.29, 0.717) is 0 Å². The van der Waals surface area contributed by atoms with Gasteiger partial charge < -0.3 is 0 Å². The van der Waals surface area contributed by atoms with Crippen molar-refractivity contribution in [1.82, 2.24) is 0 Å². The van der Waals surface area contributed by atoms with Crippen LogP contribution in [0.25, 0.3) is 0 Å². The van der Waals surface area contributed by atoms with E-state index in [9.17, 15) is 0 Å². The Kier molecular flexibility index (Phi) is 0.677. The van der Waals surface area contributed by atoms with Crippen molar-refractivity contribution in [3.8, 4) is 0 Å². The first-order valence-electron chi connectivity index (χ1n) is 2.21. The minimum Gasteiger partial charge on any atom is -0.0784 e. The van der Waals surface area contributed by atoms with E-state index >= 15 is 0 Å². The van der Waals surface area contributed by atoms with Gasteiger partial charge in [-0.1, -0.05) is 25.5 Å². The average Bonchev–Trinajstić information content (AvgIpc) is 1.30. The number of hydrogen-bond acceptors (Lipinski definition) is 0. The van der Waals surface area contributed by atoms with Gasteiger partial charge in [0.05, 0.1) is 0 Å². The Morgan fingerprint density at radius 3 is 2.00 bits per heavy atom. The van der Waals surface area contributed by atoms with Gasteiger partial charge in [0.15, 0.2) is 0 Å². The second-order valence-corrected chi connectivity index (χ2v) is 1.87. The first kappa shape index (κ1) is 3.26. The minimum atomic E-state index is 1.01. The van der Waals surface area contributed by atoms with Crippen molar-refractivity contribution in [2.75, 3.05) is 0 Å². The largest absolute Gasteiger partial charge is 0.110 e. The van der Waals surface area contributed by atoms with Gasteiger partial charge in [-0.3, -0.25) is 0 Å². The normalized spacial score (nSPS) is 24.2. The molecule has 1 rings (SSSR count). The Morgan fingerprint density at radius 2 is 2.00 bits per heavy atom. The lowest BCUT2D eigenvalue weighted by Gasteiger charge is -2.17. The Morgan fingerprint density at radius 1 is 1.60 bits per heavy atom. The monoisotopic (exact) mass is 67.1 g/mol. The molecule has 0 N–H and O–H groups in total. The molecule has 27 valence electrons. The molecule has 0 nitrogen and oxygen atoms in total. The van der Waals surface area contributed by atoms with E-state index in [1.165, 1.54) is 12.6 Å². The maximum Gasteiger partial charge on any atom is 0.110 e. The van der Waals surface area contributed by atoms with Crippen molar-refractivity contribution in [2.24, 2.45) is 5.92 Å². The van der Waals surface area contributed by atoms with Gasteiger partial charge in [0.2, 0.25) is 0 Å². The lowest BCUT2D eigenvalue weighted by Crippen LogP contribution is -2.12. The summed E-state index contributed by atoms with van der Waals surface area (Å²) in [6.07, 6.45) is 2.72. The summed E-state index contributed by atoms with van der Waals surface area (Å²) in [5.74, 6) is 1.01. The predicted molar refractivity (Wildman–Crippen MR) is 24.5 cm³/mol. The van der Waals surface area contributed by atoms with Crippen LogP contribution in [-0.2, 0) is 0 Å². The molecule has 1 aliphatic rings. The fourth-order valence-corrected chi connectivity index (χ4v) is 0.500. The molecule has 0 spiro atoms. The van der Waals surface area contributed by atoms with E-state index < -0.39 is 0 Å². The van der Waals surface area contributed by atoms with Gasteiger partial charge >= 0.3 is 0 Å². The molecule has 0 amide bonds. The van der Waals surface area contributed by atoms with E-state index in [-0.39, 0.29) is 0 Å². The molecule has 5 heavy (non-hydrogen) atoms. The highest BCUT2D eigenvalue weighted by Crippen LogP contribution is 2.18. The third-order valence-electron chi connectivity index (χ3n) is 1.14. The fraction of sp³-hybridized carbons (Fsp3) is 1.00. The molecular weight excluding hydrogens is 58.9 g/mol. The van der Waals surface area contributed by atoms with Crippen molar-refractivity contribution in [1.29, 1.82) is 0 Å². The standard InChI is InChI=1S/C4H8B/c1-4-2-5-3-4/h4H,2-3H2,1H3. The van der Waals surface area contributed by atoms with Crippen LogP contribution in [0.4, 0.5) is 0 Å². The van der Waals surface area contributed by atoms with Crippen molar-refractivity contribution in [3.63, 3.8) is 0 Å². The van der Waals surface area contributed by atoms with Gasteiger partial charge in [0.25, 0.3) is 0 Å². The second kappa shape index (κ2) is 1.04. The third-order valence-corrected chi connectivity index (χ3v) is 1.14. The van der Waals surface area contributed by atoms with Crippen LogP contribution >= 0.6 is 0 Å². The van der Waals surface area contributed by atoms with Crippen LogP contribution in [0.2, 0.25) is 12.6 Å². The Hall–Kier alpha value is 0.0649. The van der Waals surface area contributed by atoms with Crippen LogP contribution in [0.3, 0.4) is 0 Å². The molecule has 1 heterocycles. The highest BCUT2D eigenvalue weighted by atomic mass is 14.0. The zero-order valence-corrected chi connectivity index (χ0v) is 3.57. The van der Waals surface area contributed by atoms with Gasteiger partial charge in [-0.15, -0.1) is 0 Å². The molecule has 1 radical (unpaired) electrons. The van der Waals surface area contributed by atoms with Crippen molar-refractivity contribution >= 4 is 7.28 Å². The Balaban J connectivity index is 2.08. The van der Waals surface area contributed by atoms with Gasteiger partial charge in [0, 0.05) is 0 Å². The van der Waals surface area contributed by atoms with Crippen molar-refractivity contribution < 1.29 is 0 Å². The molecule has 0 bridgehead atoms.